The smallest absolute Gasteiger partial charge is 0.262 e. The lowest BCUT2D eigenvalue weighted by molar-refractivity contribution is -0.136. The van der Waals surface area contributed by atoms with Crippen LogP contribution in [0, 0.1) is 11.8 Å². The highest BCUT2D eigenvalue weighted by Crippen LogP contribution is 2.33. The summed E-state index contributed by atoms with van der Waals surface area (Å²) in [6, 6.07) is 23.4. The molecule has 13 nitrogen and oxygen atoms in total. The zero-order chi connectivity index (χ0) is 38.9. The number of carbonyl (C=O) groups is 4. The van der Waals surface area contributed by atoms with Gasteiger partial charge in [0.25, 0.3) is 11.8 Å². The molecule has 13 heteroatoms. The first-order valence-corrected chi connectivity index (χ1v) is 18.7. The SMILES string of the molecule is O=C1CCC(N2C(=O)c3ccc(OCCOCC#Cc4ccc(O[C@H]5C[C@H](Oc6ccc(-c7ccc8c(c7)[nH]c7ccncc78)cn6)C5)cc4)cc3C2=O)C(=O)N1. The van der Waals surface area contributed by atoms with Gasteiger partial charge in [-0.3, -0.25) is 34.4 Å². The normalized spacial score (nSPS) is 18.8. The van der Waals surface area contributed by atoms with Crippen molar-refractivity contribution in [1.29, 1.82) is 0 Å². The van der Waals surface area contributed by atoms with E-state index in [1.165, 1.54) is 12.1 Å². The Bertz CT molecular complexity index is 2600. The largest absolute Gasteiger partial charge is 0.491 e. The van der Waals surface area contributed by atoms with Crippen LogP contribution in [0.2, 0.25) is 0 Å². The van der Waals surface area contributed by atoms with Gasteiger partial charge in [0.2, 0.25) is 17.7 Å². The molecule has 1 saturated heterocycles. The van der Waals surface area contributed by atoms with Crippen molar-refractivity contribution >= 4 is 45.4 Å². The van der Waals surface area contributed by atoms with Crippen molar-refractivity contribution in [3.63, 3.8) is 0 Å². The molecule has 0 spiro atoms. The van der Waals surface area contributed by atoms with Gasteiger partial charge in [-0.15, -0.1) is 0 Å². The third kappa shape index (κ3) is 7.38. The van der Waals surface area contributed by atoms with Crippen LogP contribution in [-0.2, 0) is 14.3 Å². The van der Waals surface area contributed by atoms with Crippen LogP contribution in [0.25, 0.3) is 32.9 Å². The first-order valence-electron chi connectivity index (χ1n) is 18.7. The van der Waals surface area contributed by atoms with E-state index in [-0.39, 0.29) is 56.0 Å². The van der Waals surface area contributed by atoms with E-state index in [4.69, 9.17) is 18.9 Å². The highest BCUT2D eigenvalue weighted by molar-refractivity contribution is 6.23. The number of rotatable bonds is 11. The lowest BCUT2D eigenvalue weighted by atomic mass is 9.92. The van der Waals surface area contributed by atoms with Crippen molar-refractivity contribution in [2.45, 2.75) is 43.9 Å². The molecule has 57 heavy (non-hydrogen) atoms. The predicted octanol–water partition coefficient (Wildman–Crippen LogP) is 5.62. The fourth-order valence-corrected chi connectivity index (χ4v) is 7.26. The quantitative estimate of drug-likeness (QED) is 0.0964. The minimum absolute atomic E-state index is 0.0429. The second kappa shape index (κ2) is 15.2. The number of ether oxygens (including phenoxy) is 4. The number of aromatic amines is 1. The highest BCUT2D eigenvalue weighted by atomic mass is 16.5. The van der Waals surface area contributed by atoms with Gasteiger partial charge in [-0.2, -0.15) is 0 Å². The molecule has 5 heterocycles. The van der Waals surface area contributed by atoms with Crippen LogP contribution in [0.4, 0.5) is 0 Å². The number of pyridine rings is 2. The molecule has 2 N–H and O–H groups in total. The van der Waals surface area contributed by atoms with Crippen LogP contribution in [0.1, 0.15) is 52.0 Å². The minimum atomic E-state index is -1.02. The molecule has 1 atom stereocenters. The molecule has 4 amide bonds. The standard InChI is InChI=1S/C44H35N5O8/c50-40-13-12-39(42(51)48-40)49-43(52)34-11-9-30(23-35(34)44(49)53)55-19-18-54-17-1-2-26-3-7-29(8-4-26)56-31-21-32(22-31)57-41-14-6-28(24-46-41)27-5-10-33-36-25-45-16-15-37(36)47-38(33)20-27/h3-11,14-16,20,23-25,31-32,39,47H,12-13,17-19,21-22H2,(H,48,50,51)/t31-,32-,39?. The van der Waals surface area contributed by atoms with Crippen molar-refractivity contribution < 1.29 is 38.1 Å². The molecule has 1 saturated carbocycles. The predicted molar refractivity (Wildman–Crippen MR) is 208 cm³/mol. The van der Waals surface area contributed by atoms with Gasteiger partial charge in [0.05, 0.1) is 17.7 Å². The Morgan fingerprint density at radius 2 is 1.56 bits per heavy atom. The Balaban J connectivity index is 0.679. The zero-order valence-electron chi connectivity index (χ0n) is 30.5. The monoisotopic (exact) mass is 761 g/mol. The Morgan fingerprint density at radius 1 is 0.754 bits per heavy atom. The molecule has 1 aliphatic carbocycles. The van der Waals surface area contributed by atoms with Crippen molar-refractivity contribution in [2.75, 3.05) is 19.8 Å². The topological polar surface area (TPSA) is 162 Å². The summed E-state index contributed by atoms with van der Waals surface area (Å²) in [6.07, 6.45) is 7.31. The third-order valence-electron chi connectivity index (χ3n) is 10.3. The number of hydrogen-bond acceptors (Lipinski definition) is 10. The van der Waals surface area contributed by atoms with Gasteiger partial charge in [-0.05, 0) is 72.6 Å². The summed E-state index contributed by atoms with van der Waals surface area (Å²) in [7, 11) is 0. The van der Waals surface area contributed by atoms with Crippen molar-refractivity contribution in [3.05, 3.63) is 114 Å². The van der Waals surface area contributed by atoms with Gasteiger partial charge in [-0.1, -0.05) is 24.0 Å². The number of fused-ring (bicyclic) bond motifs is 4. The number of benzene rings is 3. The summed E-state index contributed by atoms with van der Waals surface area (Å²) in [6.45, 7) is 0.645. The number of imide groups is 2. The van der Waals surface area contributed by atoms with Gasteiger partial charge >= 0.3 is 0 Å². The van der Waals surface area contributed by atoms with Gasteiger partial charge in [0, 0.05) is 76.9 Å². The van der Waals surface area contributed by atoms with E-state index in [1.54, 1.807) is 12.3 Å². The number of aromatic nitrogens is 3. The van der Waals surface area contributed by atoms with E-state index < -0.39 is 29.7 Å². The molecule has 6 aromatic rings. The van der Waals surface area contributed by atoms with Crippen LogP contribution in [0.3, 0.4) is 0 Å². The van der Waals surface area contributed by atoms with Crippen molar-refractivity contribution in [3.8, 4) is 40.3 Å². The third-order valence-corrected chi connectivity index (χ3v) is 10.3. The van der Waals surface area contributed by atoms with Gasteiger partial charge < -0.3 is 23.9 Å². The molecule has 9 rings (SSSR count). The Labute approximate surface area is 326 Å². The molecule has 3 aliphatic rings. The number of hydrogen-bond donors (Lipinski definition) is 2. The zero-order valence-corrected chi connectivity index (χ0v) is 30.5. The maximum absolute atomic E-state index is 13.0. The number of amides is 4. The summed E-state index contributed by atoms with van der Waals surface area (Å²) in [5.41, 5.74) is 5.38. The van der Waals surface area contributed by atoms with E-state index in [0.29, 0.717) is 11.6 Å². The van der Waals surface area contributed by atoms with E-state index in [2.05, 4.69) is 50.3 Å². The molecule has 2 aliphatic heterocycles. The van der Waals surface area contributed by atoms with Gasteiger partial charge in [0.15, 0.2) is 0 Å². The minimum Gasteiger partial charge on any atom is -0.491 e. The summed E-state index contributed by atoms with van der Waals surface area (Å²) in [4.78, 5) is 62.8. The summed E-state index contributed by atoms with van der Waals surface area (Å²) >= 11 is 0. The van der Waals surface area contributed by atoms with Crippen molar-refractivity contribution in [1.82, 2.24) is 25.2 Å². The Kier molecular flexibility index (Phi) is 9.53. The molecule has 1 unspecified atom stereocenters. The van der Waals surface area contributed by atoms with Crippen LogP contribution >= 0.6 is 0 Å². The van der Waals surface area contributed by atoms with Gasteiger partial charge in [0.1, 0.15) is 43.0 Å². The maximum atomic E-state index is 13.0. The average Bonchev–Trinajstić information content (AvgIpc) is 3.70. The fraction of sp³-hybridized carbons (Fsp3) is 0.227. The molecular formula is C44H35N5O8. The number of H-pyrrole nitrogens is 1. The second-order valence-corrected chi connectivity index (χ2v) is 14.0. The lowest BCUT2D eigenvalue weighted by Crippen LogP contribution is -2.54. The second-order valence-electron chi connectivity index (χ2n) is 14.0. The molecular weight excluding hydrogens is 727 g/mol. The fourth-order valence-electron chi connectivity index (χ4n) is 7.26. The lowest BCUT2D eigenvalue weighted by Gasteiger charge is -2.35. The number of nitrogens with zero attached hydrogens (tertiary/aromatic N) is 3. The van der Waals surface area contributed by atoms with Crippen LogP contribution in [-0.4, -0.2) is 81.6 Å². The maximum Gasteiger partial charge on any atom is 0.262 e. The number of piperidine rings is 1. The first-order chi connectivity index (χ1) is 27.9. The molecule has 2 fully saturated rings. The highest BCUT2D eigenvalue weighted by Gasteiger charge is 2.44. The Hall–Kier alpha value is -7.04. The summed E-state index contributed by atoms with van der Waals surface area (Å²) in [5.74, 6) is 5.58. The Morgan fingerprint density at radius 3 is 2.39 bits per heavy atom. The number of nitrogens with one attached hydrogen (secondary N) is 2. The van der Waals surface area contributed by atoms with Crippen LogP contribution < -0.4 is 19.5 Å². The molecule has 3 aromatic carbocycles. The summed E-state index contributed by atoms with van der Waals surface area (Å²) < 4.78 is 23.5. The van der Waals surface area contributed by atoms with Crippen molar-refractivity contribution in [2.24, 2.45) is 0 Å². The molecule has 3 aromatic heterocycles. The molecule has 0 radical (unpaired) electrons. The van der Waals surface area contributed by atoms with E-state index >= 15 is 0 Å². The van der Waals surface area contributed by atoms with E-state index in [1.807, 2.05) is 54.9 Å². The van der Waals surface area contributed by atoms with Crippen LogP contribution in [0.15, 0.2) is 97.5 Å². The molecule has 0 bridgehead atoms. The van der Waals surface area contributed by atoms with Crippen LogP contribution in [0.5, 0.6) is 17.4 Å². The average molecular weight is 762 g/mol. The first kappa shape index (κ1) is 35.6. The summed E-state index contributed by atoms with van der Waals surface area (Å²) in [5, 5.41) is 4.44. The molecule has 284 valence electrons. The van der Waals surface area contributed by atoms with E-state index in [0.717, 1.165) is 62.0 Å². The number of carbonyl (C=O) groups excluding carboxylic acids is 4. The van der Waals surface area contributed by atoms with E-state index in [9.17, 15) is 19.2 Å². The van der Waals surface area contributed by atoms with Gasteiger partial charge in [-0.25, -0.2) is 4.98 Å².